The molecular weight excluding hydrogens is 294 g/mol. The molecule has 0 aliphatic heterocycles. The van der Waals surface area contributed by atoms with E-state index in [9.17, 15) is 8.42 Å². The van der Waals surface area contributed by atoms with Crippen LogP contribution in [0.2, 0.25) is 0 Å². The van der Waals surface area contributed by atoms with Gasteiger partial charge in [-0.1, -0.05) is 12.1 Å². The van der Waals surface area contributed by atoms with E-state index in [-0.39, 0.29) is 4.90 Å². The first kappa shape index (κ1) is 14.7. The molecule has 0 atom stereocenters. The fourth-order valence-electron chi connectivity index (χ4n) is 1.66. The largest absolute Gasteiger partial charge is 0.308 e. The van der Waals surface area contributed by atoms with E-state index in [0.29, 0.717) is 18.7 Å². The van der Waals surface area contributed by atoms with Crippen LogP contribution in [0.1, 0.15) is 16.0 Å². The zero-order chi connectivity index (χ0) is 14.6. The minimum atomic E-state index is -3.63. The number of nitrogens with one attached hydrogen (secondary N) is 1. The standard InChI is InChI=1S/C13H13N3O2S2/c14-6-11-5-12(19-9-11)8-16-7-10-1-3-13(4-2-10)20(15,17)18/h1-5,9,16H,7-8H2,(H2,15,17,18). The highest BCUT2D eigenvalue weighted by Gasteiger charge is 2.06. The van der Waals surface area contributed by atoms with Gasteiger partial charge >= 0.3 is 0 Å². The summed E-state index contributed by atoms with van der Waals surface area (Å²) in [6.45, 7) is 1.29. The number of hydrogen-bond acceptors (Lipinski definition) is 5. The number of thiophene rings is 1. The Bertz CT molecular complexity index is 728. The van der Waals surface area contributed by atoms with Gasteiger partial charge in [-0.15, -0.1) is 11.3 Å². The fourth-order valence-corrected chi connectivity index (χ4v) is 2.95. The first-order valence-electron chi connectivity index (χ1n) is 5.79. The molecule has 5 nitrogen and oxygen atoms in total. The average molecular weight is 307 g/mol. The van der Waals surface area contributed by atoms with E-state index in [0.717, 1.165) is 10.4 Å². The molecule has 2 rings (SSSR count). The van der Waals surface area contributed by atoms with Gasteiger partial charge in [0, 0.05) is 23.3 Å². The summed E-state index contributed by atoms with van der Waals surface area (Å²) in [4.78, 5) is 1.20. The van der Waals surface area contributed by atoms with E-state index in [4.69, 9.17) is 10.4 Å². The van der Waals surface area contributed by atoms with Crippen LogP contribution in [-0.2, 0) is 23.1 Å². The van der Waals surface area contributed by atoms with Crippen molar-refractivity contribution in [1.82, 2.24) is 5.32 Å². The summed E-state index contributed by atoms with van der Waals surface area (Å²) in [6, 6.07) is 10.4. The highest BCUT2D eigenvalue weighted by atomic mass is 32.2. The average Bonchev–Trinajstić information content (AvgIpc) is 2.86. The number of nitrogens with zero attached hydrogens (tertiary/aromatic N) is 1. The van der Waals surface area contributed by atoms with Gasteiger partial charge in [-0.2, -0.15) is 5.26 Å². The number of hydrogen-bond donors (Lipinski definition) is 2. The third-order valence-electron chi connectivity index (χ3n) is 2.66. The molecule has 0 saturated carbocycles. The number of nitrogens with two attached hydrogens (primary N) is 1. The summed E-state index contributed by atoms with van der Waals surface area (Å²) in [5, 5.41) is 18.8. The molecule has 20 heavy (non-hydrogen) atoms. The van der Waals surface area contributed by atoms with Gasteiger partial charge in [0.25, 0.3) is 0 Å². The van der Waals surface area contributed by atoms with E-state index in [2.05, 4.69) is 11.4 Å². The Morgan fingerprint density at radius 3 is 2.50 bits per heavy atom. The summed E-state index contributed by atoms with van der Waals surface area (Å²) in [5.74, 6) is 0. The van der Waals surface area contributed by atoms with Gasteiger partial charge in [0.1, 0.15) is 6.07 Å². The van der Waals surface area contributed by atoms with Crippen LogP contribution in [0.25, 0.3) is 0 Å². The third kappa shape index (κ3) is 3.88. The first-order valence-corrected chi connectivity index (χ1v) is 8.21. The quantitative estimate of drug-likeness (QED) is 0.876. The van der Waals surface area contributed by atoms with E-state index < -0.39 is 10.0 Å². The summed E-state index contributed by atoms with van der Waals surface area (Å²) in [6.07, 6.45) is 0. The monoisotopic (exact) mass is 307 g/mol. The maximum atomic E-state index is 11.1. The van der Waals surface area contributed by atoms with Crippen molar-refractivity contribution in [3.63, 3.8) is 0 Å². The van der Waals surface area contributed by atoms with Crippen LogP contribution in [0.5, 0.6) is 0 Å². The fraction of sp³-hybridized carbons (Fsp3) is 0.154. The molecule has 1 aromatic carbocycles. The molecule has 0 spiro atoms. The second-order valence-electron chi connectivity index (χ2n) is 4.21. The van der Waals surface area contributed by atoms with E-state index >= 15 is 0 Å². The number of benzene rings is 1. The van der Waals surface area contributed by atoms with Crippen LogP contribution in [-0.4, -0.2) is 8.42 Å². The van der Waals surface area contributed by atoms with E-state index in [1.165, 1.54) is 23.5 Å². The minimum absolute atomic E-state index is 0.109. The number of nitriles is 1. The summed E-state index contributed by atoms with van der Waals surface area (Å²) in [7, 11) is -3.63. The van der Waals surface area contributed by atoms with Crippen molar-refractivity contribution in [2.45, 2.75) is 18.0 Å². The Hall–Kier alpha value is -1.72. The molecule has 0 bridgehead atoms. The van der Waals surface area contributed by atoms with Crippen molar-refractivity contribution in [2.75, 3.05) is 0 Å². The smallest absolute Gasteiger partial charge is 0.238 e. The number of rotatable bonds is 5. The van der Waals surface area contributed by atoms with Gasteiger partial charge in [-0.3, -0.25) is 0 Å². The van der Waals surface area contributed by atoms with Gasteiger partial charge in [-0.05, 0) is 23.8 Å². The topological polar surface area (TPSA) is 96.0 Å². The second kappa shape index (κ2) is 6.15. The van der Waals surface area contributed by atoms with Gasteiger partial charge in [0.2, 0.25) is 10.0 Å². The lowest BCUT2D eigenvalue weighted by molar-refractivity contribution is 0.597. The molecule has 7 heteroatoms. The Morgan fingerprint density at radius 2 is 1.95 bits per heavy atom. The molecule has 0 unspecified atom stereocenters. The molecule has 1 aromatic heterocycles. The van der Waals surface area contributed by atoms with E-state index in [1.807, 2.05) is 11.4 Å². The lowest BCUT2D eigenvalue weighted by Gasteiger charge is -2.04. The molecule has 1 heterocycles. The maximum absolute atomic E-state index is 11.1. The van der Waals surface area contributed by atoms with Gasteiger partial charge < -0.3 is 5.32 Å². The molecule has 0 saturated heterocycles. The van der Waals surface area contributed by atoms with Crippen molar-refractivity contribution in [3.8, 4) is 6.07 Å². The summed E-state index contributed by atoms with van der Waals surface area (Å²) < 4.78 is 22.2. The molecule has 3 N–H and O–H groups in total. The maximum Gasteiger partial charge on any atom is 0.238 e. The summed E-state index contributed by atoms with van der Waals surface area (Å²) in [5.41, 5.74) is 1.64. The Morgan fingerprint density at radius 1 is 1.25 bits per heavy atom. The van der Waals surface area contributed by atoms with Crippen molar-refractivity contribution in [1.29, 1.82) is 5.26 Å². The summed E-state index contributed by atoms with van der Waals surface area (Å²) >= 11 is 1.53. The van der Waals surface area contributed by atoms with Crippen molar-refractivity contribution in [3.05, 3.63) is 51.7 Å². The predicted molar refractivity (Wildman–Crippen MR) is 77.4 cm³/mol. The molecule has 0 amide bonds. The van der Waals surface area contributed by atoms with Crippen molar-refractivity contribution >= 4 is 21.4 Å². The molecule has 0 fully saturated rings. The van der Waals surface area contributed by atoms with Crippen LogP contribution in [0.3, 0.4) is 0 Å². The lowest BCUT2D eigenvalue weighted by Crippen LogP contribution is -2.13. The Balaban J connectivity index is 1.90. The molecule has 0 aliphatic rings. The van der Waals surface area contributed by atoms with Crippen LogP contribution in [0.4, 0.5) is 0 Å². The molecule has 104 valence electrons. The van der Waals surface area contributed by atoms with Gasteiger partial charge in [0.05, 0.1) is 10.5 Å². The zero-order valence-corrected chi connectivity index (χ0v) is 12.2. The Kier molecular flexibility index (Phi) is 4.52. The first-order chi connectivity index (χ1) is 9.49. The van der Waals surface area contributed by atoms with E-state index in [1.54, 1.807) is 12.1 Å². The van der Waals surface area contributed by atoms with Crippen LogP contribution < -0.4 is 10.5 Å². The second-order valence-corrected chi connectivity index (χ2v) is 6.76. The number of primary sulfonamides is 1. The van der Waals surface area contributed by atoms with Crippen LogP contribution in [0.15, 0.2) is 40.6 Å². The third-order valence-corrected chi connectivity index (χ3v) is 4.53. The molecule has 2 aromatic rings. The molecule has 0 aliphatic carbocycles. The minimum Gasteiger partial charge on any atom is -0.308 e. The molecule has 0 radical (unpaired) electrons. The lowest BCUT2D eigenvalue weighted by atomic mass is 10.2. The highest BCUT2D eigenvalue weighted by molar-refractivity contribution is 7.89. The zero-order valence-electron chi connectivity index (χ0n) is 10.5. The van der Waals surface area contributed by atoms with Crippen LogP contribution >= 0.6 is 11.3 Å². The molecular formula is C13H13N3O2S2. The van der Waals surface area contributed by atoms with Crippen LogP contribution in [0, 0.1) is 11.3 Å². The van der Waals surface area contributed by atoms with Crippen molar-refractivity contribution < 1.29 is 8.42 Å². The van der Waals surface area contributed by atoms with Gasteiger partial charge in [0.15, 0.2) is 0 Å². The van der Waals surface area contributed by atoms with Gasteiger partial charge in [-0.25, -0.2) is 13.6 Å². The van der Waals surface area contributed by atoms with Crippen molar-refractivity contribution in [2.24, 2.45) is 5.14 Å². The Labute approximate surface area is 121 Å². The number of sulfonamides is 1. The SMILES string of the molecule is N#Cc1csc(CNCc2ccc(S(N)(=O)=O)cc2)c1. The normalized spacial score (nSPS) is 11.2. The highest BCUT2D eigenvalue weighted by Crippen LogP contribution is 2.14. The predicted octanol–water partition coefficient (Wildman–Crippen LogP) is 1.56.